The largest absolute Gasteiger partial charge is 0.372 e. The summed E-state index contributed by atoms with van der Waals surface area (Å²) in [5, 5.41) is 0. The maximum absolute atomic E-state index is 12.8. The van der Waals surface area contributed by atoms with Crippen LogP contribution in [0.4, 0.5) is 5.69 Å². The summed E-state index contributed by atoms with van der Waals surface area (Å²) in [6.07, 6.45) is 3.32. The van der Waals surface area contributed by atoms with Crippen LogP contribution in [-0.4, -0.2) is 37.0 Å². The molecule has 1 fully saturated rings. The molecular weight excluding hydrogens is 320 g/mol. The van der Waals surface area contributed by atoms with Crippen molar-refractivity contribution in [1.82, 2.24) is 4.90 Å². The minimum atomic E-state index is 0.175. The van der Waals surface area contributed by atoms with E-state index in [1.54, 1.807) is 0 Å². The SMILES string of the molecule is CCN(CC)c1ccc(C(=O)N2CCC(Cc3ccccc3)CC2)cc1. The van der Waals surface area contributed by atoms with E-state index >= 15 is 0 Å². The molecular formula is C23H30N2O. The van der Waals surface area contributed by atoms with Gasteiger partial charge in [-0.2, -0.15) is 0 Å². The molecule has 3 heteroatoms. The summed E-state index contributed by atoms with van der Waals surface area (Å²) < 4.78 is 0. The molecule has 1 heterocycles. The number of hydrogen-bond acceptors (Lipinski definition) is 2. The van der Waals surface area contributed by atoms with Crippen LogP contribution in [0.3, 0.4) is 0 Å². The maximum Gasteiger partial charge on any atom is 0.253 e. The fraction of sp³-hybridized carbons (Fsp3) is 0.435. The van der Waals surface area contributed by atoms with Gasteiger partial charge in [0.05, 0.1) is 0 Å². The molecule has 2 aromatic carbocycles. The standard InChI is InChI=1S/C23H30N2O/c1-3-24(4-2)22-12-10-21(11-13-22)23(26)25-16-14-20(15-17-25)18-19-8-6-5-7-9-19/h5-13,20H,3-4,14-18H2,1-2H3. The number of likely N-dealkylation sites (tertiary alicyclic amines) is 1. The fourth-order valence-electron chi connectivity index (χ4n) is 3.87. The zero-order valence-corrected chi connectivity index (χ0v) is 16.0. The average molecular weight is 351 g/mol. The van der Waals surface area contributed by atoms with Crippen molar-refractivity contribution in [3.8, 4) is 0 Å². The molecule has 0 unspecified atom stereocenters. The van der Waals surface area contributed by atoms with Gasteiger partial charge < -0.3 is 9.80 Å². The zero-order valence-electron chi connectivity index (χ0n) is 16.0. The van der Waals surface area contributed by atoms with Crippen molar-refractivity contribution in [2.24, 2.45) is 5.92 Å². The third-order valence-corrected chi connectivity index (χ3v) is 5.51. The first-order chi connectivity index (χ1) is 12.7. The summed E-state index contributed by atoms with van der Waals surface area (Å²) >= 11 is 0. The Balaban J connectivity index is 1.55. The van der Waals surface area contributed by atoms with Crippen molar-refractivity contribution in [2.75, 3.05) is 31.1 Å². The lowest BCUT2D eigenvalue weighted by atomic mass is 9.90. The molecule has 3 nitrogen and oxygen atoms in total. The van der Waals surface area contributed by atoms with Gasteiger partial charge in [-0.15, -0.1) is 0 Å². The van der Waals surface area contributed by atoms with Gasteiger partial charge in [-0.1, -0.05) is 30.3 Å². The second kappa shape index (κ2) is 8.88. The van der Waals surface area contributed by atoms with E-state index in [0.717, 1.165) is 51.0 Å². The number of hydrogen-bond donors (Lipinski definition) is 0. The van der Waals surface area contributed by atoms with Crippen molar-refractivity contribution in [2.45, 2.75) is 33.1 Å². The van der Waals surface area contributed by atoms with Crippen LogP contribution >= 0.6 is 0 Å². The number of nitrogens with zero attached hydrogens (tertiary/aromatic N) is 2. The normalized spacial score (nSPS) is 15.1. The van der Waals surface area contributed by atoms with E-state index in [4.69, 9.17) is 0 Å². The van der Waals surface area contributed by atoms with Gasteiger partial charge in [0, 0.05) is 37.4 Å². The summed E-state index contributed by atoms with van der Waals surface area (Å²) in [6.45, 7) is 8.02. The first kappa shape index (κ1) is 18.5. The molecule has 0 radical (unpaired) electrons. The number of amides is 1. The zero-order chi connectivity index (χ0) is 18.4. The van der Waals surface area contributed by atoms with Gasteiger partial charge in [0.25, 0.3) is 5.91 Å². The van der Waals surface area contributed by atoms with E-state index in [1.165, 1.54) is 11.3 Å². The monoisotopic (exact) mass is 350 g/mol. The van der Waals surface area contributed by atoms with Gasteiger partial charge >= 0.3 is 0 Å². The van der Waals surface area contributed by atoms with Gasteiger partial charge in [0.15, 0.2) is 0 Å². The Kier molecular flexibility index (Phi) is 6.32. The second-order valence-electron chi connectivity index (χ2n) is 7.14. The predicted molar refractivity (Wildman–Crippen MR) is 109 cm³/mol. The minimum absolute atomic E-state index is 0.175. The number of rotatable bonds is 6. The molecule has 0 saturated carbocycles. The van der Waals surface area contributed by atoms with Crippen LogP contribution in [0.1, 0.15) is 42.6 Å². The number of carbonyl (C=O) groups is 1. The number of piperidine rings is 1. The quantitative estimate of drug-likeness (QED) is 0.758. The Labute approximate surface area is 157 Å². The predicted octanol–water partition coefficient (Wildman–Crippen LogP) is 4.63. The summed E-state index contributed by atoms with van der Waals surface area (Å²) in [5.74, 6) is 0.862. The van der Waals surface area contributed by atoms with E-state index < -0.39 is 0 Å². The fourth-order valence-corrected chi connectivity index (χ4v) is 3.87. The molecule has 1 aliphatic rings. The molecule has 2 aromatic rings. The van der Waals surface area contributed by atoms with E-state index in [-0.39, 0.29) is 5.91 Å². The van der Waals surface area contributed by atoms with E-state index in [0.29, 0.717) is 5.92 Å². The summed E-state index contributed by atoms with van der Waals surface area (Å²) in [5.41, 5.74) is 3.40. The summed E-state index contributed by atoms with van der Waals surface area (Å²) in [7, 11) is 0. The van der Waals surface area contributed by atoms with Crippen LogP contribution in [0.15, 0.2) is 54.6 Å². The van der Waals surface area contributed by atoms with Crippen LogP contribution < -0.4 is 4.90 Å². The van der Waals surface area contributed by atoms with Crippen LogP contribution in [0.25, 0.3) is 0 Å². The van der Waals surface area contributed by atoms with Gasteiger partial charge in [0.1, 0.15) is 0 Å². The third kappa shape index (κ3) is 4.46. The highest BCUT2D eigenvalue weighted by Crippen LogP contribution is 2.23. The first-order valence-corrected chi connectivity index (χ1v) is 9.89. The molecule has 1 aliphatic heterocycles. The van der Waals surface area contributed by atoms with Crippen molar-refractivity contribution in [3.63, 3.8) is 0 Å². The molecule has 1 amide bonds. The van der Waals surface area contributed by atoms with Crippen molar-refractivity contribution < 1.29 is 4.79 Å². The Morgan fingerprint density at radius 1 is 0.962 bits per heavy atom. The molecule has 0 bridgehead atoms. The van der Waals surface area contributed by atoms with Crippen LogP contribution in [0, 0.1) is 5.92 Å². The highest BCUT2D eigenvalue weighted by atomic mass is 16.2. The number of carbonyl (C=O) groups excluding carboxylic acids is 1. The van der Waals surface area contributed by atoms with Gasteiger partial charge in [0.2, 0.25) is 0 Å². The lowest BCUT2D eigenvalue weighted by Gasteiger charge is -2.32. The van der Waals surface area contributed by atoms with E-state index in [2.05, 4.69) is 61.2 Å². The smallest absolute Gasteiger partial charge is 0.253 e. The minimum Gasteiger partial charge on any atom is -0.372 e. The molecule has 0 aromatic heterocycles. The van der Waals surface area contributed by atoms with Gasteiger partial charge in [-0.05, 0) is 68.9 Å². The van der Waals surface area contributed by atoms with Crippen molar-refractivity contribution >= 4 is 11.6 Å². The molecule has 138 valence electrons. The topological polar surface area (TPSA) is 23.6 Å². The Bertz CT molecular complexity index is 684. The summed E-state index contributed by atoms with van der Waals surface area (Å²) in [4.78, 5) is 17.1. The maximum atomic E-state index is 12.8. The van der Waals surface area contributed by atoms with Crippen LogP contribution in [-0.2, 0) is 6.42 Å². The highest BCUT2D eigenvalue weighted by Gasteiger charge is 2.23. The Morgan fingerprint density at radius 3 is 2.15 bits per heavy atom. The molecule has 26 heavy (non-hydrogen) atoms. The first-order valence-electron chi connectivity index (χ1n) is 9.89. The summed E-state index contributed by atoms with van der Waals surface area (Å²) in [6, 6.07) is 18.8. The molecule has 0 spiro atoms. The van der Waals surface area contributed by atoms with E-state index in [1.807, 2.05) is 17.0 Å². The van der Waals surface area contributed by atoms with Crippen LogP contribution in [0.2, 0.25) is 0 Å². The van der Waals surface area contributed by atoms with Crippen molar-refractivity contribution in [1.29, 1.82) is 0 Å². The lowest BCUT2D eigenvalue weighted by molar-refractivity contribution is 0.0690. The molecule has 0 N–H and O–H groups in total. The number of benzene rings is 2. The van der Waals surface area contributed by atoms with E-state index in [9.17, 15) is 4.79 Å². The van der Waals surface area contributed by atoms with Gasteiger partial charge in [-0.25, -0.2) is 0 Å². The molecule has 0 aliphatic carbocycles. The average Bonchev–Trinajstić information content (AvgIpc) is 2.70. The number of anilines is 1. The molecule has 3 rings (SSSR count). The Morgan fingerprint density at radius 2 is 1.58 bits per heavy atom. The molecule has 0 atom stereocenters. The Hall–Kier alpha value is -2.29. The molecule has 1 saturated heterocycles. The van der Waals surface area contributed by atoms with Crippen molar-refractivity contribution in [3.05, 3.63) is 65.7 Å². The van der Waals surface area contributed by atoms with Crippen LogP contribution in [0.5, 0.6) is 0 Å². The lowest BCUT2D eigenvalue weighted by Crippen LogP contribution is -2.38. The third-order valence-electron chi connectivity index (χ3n) is 5.51. The highest BCUT2D eigenvalue weighted by molar-refractivity contribution is 5.94. The van der Waals surface area contributed by atoms with Gasteiger partial charge in [-0.3, -0.25) is 4.79 Å². The second-order valence-corrected chi connectivity index (χ2v) is 7.14.